The molecule has 1 aromatic carbocycles. The molecule has 21 heavy (non-hydrogen) atoms. The lowest BCUT2D eigenvalue weighted by Gasteiger charge is -2.29. The van der Waals surface area contributed by atoms with Crippen LogP contribution in [0.1, 0.15) is 16.8 Å². The number of rotatable bonds is 1. The van der Waals surface area contributed by atoms with Gasteiger partial charge in [-0.25, -0.2) is 10.4 Å². The molecular weight excluding hydrogens is 266 g/mol. The fourth-order valence-electron chi connectivity index (χ4n) is 2.44. The predicted octanol–water partition coefficient (Wildman–Crippen LogP) is 0.941. The number of nitrogens with one attached hydrogen (secondary N) is 1. The maximum absolute atomic E-state index is 11.5. The number of aromatic nitrogens is 1. The summed E-state index contributed by atoms with van der Waals surface area (Å²) in [4.78, 5) is 15.9. The second kappa shape index (κ2) is 4.52. The van der Waals surface area contributed by atoms with Gasteiger partial charge in [0.05, 0.1) is 0 Å². The van der Waals surface area contributed by atoms with Crippen LogP contribution in [0.3, 0.4) is 0 Å². The fraction of sp³-hybridized carbons (Fsp3) is 0.0667. The van der Waals surface area contributed by atoms with Crippen molar-refractivity contribution in [1.82, 2.24) is 15.4 Å². The molecule has 0 radical (unpaired) electrons. The lowest BCUT2D eigenvalue weighted by molar-refractivity contribution is -0.122. The molecule has 3 heterocycles. The van der Waals surface area contributed by atoms with E-state index in [1.165, 1.54) is 0 Å². The summed E-state index contributed by atoms with van der Waals surface area (Å²) in [7, 11) is 0. The summed E-state index contributed by atoms with van der Waals surface area (Å²) in [5.41, 5.74) is 5.90. The van der Waals surface area contributed by atoms with Crippen LogP contribution in [0.4, 0.5) is 0 Å². The van der Waals surface area contributed by atoms with E-state index in [0.29, 0.717) is 5.84 Å². The lowest BCUT2D eigenvalue weighted by Crippen LogP contribution is -2.46. The van der Waals surface area contributed by atoms with Crippen molar-refractivity contribution in [2.45, 2.75) is 0 Å². The molecule has 0 saturated heterocycles. The number of fused-ring (bicyclic) bond motifs is 3. The second-order valence-corrected chi connectivity index (χ2v) is 4.74. The van der Waals surface area contributed by atoms with Crippen LogP contribution in [0.25, 0.3) is 0 Å². The van der Waals surface area contributed by atoms with Crippen LogP contribution in [-0.4, -0.2) is 34.0 Å². The number of amides is 1. The number of pyridine rings is 1. The molecule has 2 aliphatic heterocycles. The molecular formula is C15H11N5O. The minimum absolute atomic E-state index is 0.144. The summed E-state index contributed by atoms with van der Waals surface area (Å²) in [5, 5.41) is 10.3. The van der Waals surface area contributed by atoms with Crippen molar-refractivity contribution in [3.8, 4) is 0 Å². The number of carbonyl (C=O) groups excluding carboxylic acids is 1. The predicted molar refractivity (Wildman–Crippen MR) is 77.7 cm³/mol. The van der Waals surface area contributed by atoms with Crippen molar-refractivity contribution in [2.75, 3.05) is 6.54 Å². The fourth-order valence-corrected chi connectivity index (χ4v) is 2.44. The van der Waals surface area contributed by atoms with E-state index in [9.17, 15) is 4.79 Å². The summed E-state index contributed by atoms with van der Waals surface area (Å²) in [6.45, 7) is 0.144. The highest BCUT2D eigenvalue weighted by molar-refractivity contribution is 6.21. The van der Waals surface area contributed by atoms with Crippen LogP contribution in [0.15, 0.2) is 58.9 Å². The Balaban J connectivity index is 1.93. The van der Waals surface area contributed by atoms with Gasteiger partial charge in [0.25, 0.3) is 5.91 Å². The molecule has 0 bridgehead atoms. The molecule has 6 heteroatoms. The Morgan fingerprint density at radius 3 is 2.81 bits per heavy atom. The van der Waals surface area contributed by atoms with Crippen LogP contribution in [-0.2, 0) is 4.79 Å². The summed E-state index contributed by atoms with van der Waals surface area (Å²) < 4.78 is 0. The van der Waals surface area contributed by atoms with Crippen molar-refractivity contribution < 1.29 is 4.79 Å². The molecule has 2 aliphatic rings. The molecule has 0 saturated carbocycles. The minimum atomic E-state index is -0.186. The zero-order chi connectivity index (χ0) is 14.2. The average Bonchev–Trinajstić information content (AvgIpc) is 2.54. The van der Waals surface area contributed by atoms with Gasteiger partial charge in [-0.2, -0.15) is 10.2 Å². The maximum Gasteiger partial charge on any atom is 0.261 e. The first-order valence-electron chi connectivity index (χ1n) is 6.57. The molecule has 0 aliphatic carbocycles. The highest BCUT2D eigenvalue weighted by Crippen LogP contribution is 2.22. The monoisotopic (exact) mass is 277 g/mol. The number of nitrogens with zero attached hydrogens (tertiary/aromatic N) is 4. The largest absolute Gasteiger partial charge is 0.271 e. The van der Waals surface area contributed by atoms with Gasteiger partial charge in [-0.3, -0.25) is 9.78 Å². The molecule has 0 fully saturated rings. The van der Waals surface area contributed by atoms with E-state index in [-0.39, 0.29) is 12.5 Å². The Hall–Kier alpha value is -3.02. The van der Waals surface area contributed by atoms with Crippen molar-refractivity contribution in [3.05, 3.63) is 65.5 Å². The van der Waals surface area contributed by atoms with Gasteiger partial charge in [-0.05, 0) is 12.1 Å². The van der Waals surface area contributed by atoms with Crippen molar-refractivity contribution in [1.29, 1.82) is 0 Å². The van der Waals surface area contributed by atoms with Crippen LogP contribution < -0.4 is 5.43 Å². The molecule has 1 N–H and O–H groups in total. The van der Waals surface area contributed by atoms with Crippen molar-refractivity contribution >= 4 is 17.5 Å². The zero-order valence-electron chi connectivity index (χ0n) is 11.0. The van der Waals surface area contributed by atoms with Gasteiger partial charge in [0.2, 0.25) is 0 Å². The van der Waals surface area contributed by atoms with Gasteiger partial charge in [-0.1, -0.05) is 30.3 Å². The normalized spacial score (nSPS) is 16.4. The molecule has 1 aromatic heterocycles. The van der Waals surface area contributed by atoms with Gasteiger partial charge < -0.3 is 0 Å². The third-order valence-corrected chi connectivity index (χ3v) is 3.37. The van der Waals surface area contributed by atoms with Crippen LogP contribution in [0.2, 0.25) is 0 Å². The number of hydrogen-bond donors (Lipinski definition) is 1. The first kappa shape index (κ1) is 11.8. The van der Waals surface area contributed by atoms with E-state index in [1.807, 2.05) is 42.5 Å². The van der Waals surface area contributed by atoms with Crippen molar-refractivity contribution in [3.63, 3.8) is 0 Å². The standard InChI is InChI=1S/C15H11N5O/c21-12-9-20-15(18-17-12)14-11(7-4-8-16-14)13(19-20)10-5-2-1-3-6-10/h1-8H,9H2,(H,17,21). The van der Waals surface area contributed by atoms with Gasteiger partial charge in [0.1, 0.15) is 18.0 Å². The molecule has 0 atom stereocenters. The molecule has 0 unspecified atom stereocenters. The summed E-state index contributed by atoms with van der Waals surface area (Å²) in [5.74, 6) is 0.388. The third-order valence-electron chi connectivity index (χ3n) is 3.37. The molecule has 4 rings (SSSR count). The van der Waals surface area contributed by atoms with Gasteiger partial charge in [0.15, 0.2) is 5.84 Å². The molecule has 1 amide bonds. The Bertz CT molecular complexity index is 782. The van der Waals surface area contributed by atoms with E-state index < -0.39 is 0 Å². The van der Waals surface area contributed by atoms with E-state index in [4.69, 9.17) is 0 Å². The Morgan fingerprint density at radius 2 is 1.95 bits per heavy atom. The van der Waals surface area contributed by atoms with E-state index >= 15 is 0 Å². The minimum Gasteiger partial charge on any atom is -0.271 e. The van der Waals surface area contributed by atoms with Crippen LogP contribution in [0, 0.1) is 0 Å². The van der Waals surface area contributed by atoms with Crippen LogP contribution in [0.5, 0.6) is 0 Å². The number of hydrogen-bond acceptors (Lipinski definition) is 5. The van der Waals surface area contributed by atoms with E-state index in [1.54, 1.807) is 11.2 Å². The summed E-state index contributed by atoms with van der Waals surface area (Å²) in [6.07, 6.45) is 1.71. The topological polar surface area (TPSA) is 70.0 Å². The highest BCUT2D eigenvalue weighted by Gasteiger charge is 2.31. The van der Waals surface area contributed by atoms with Crippen molar-refractivity contribution in [2.24, 2.45) is 10.2 Å². The average molecular weight is 277 g/mol. The summed E-state index contributed by atoms with van der Waals surface area (Å²) >= 11 is 0. The Kier molecular flexibility index (Phi) is 2.53. The number of carbonyl (C=O) groups is 1. The molecule has 6 nitrogen and oxygen atoms in total. The first-order valence-corrected chi connectivity index (χ1v) is 6.57. The van der Waals surface area contributed by atoms with E-state index in [2.05, 4.69) is 20.6 Å². The SMILES string of the molecule is O=C1CN2N=C(c3ccccc3)c3cccnc3C2=NN1. The Morgan fingerprint density at radius 1 is 1.10 bits per heavy atom. The number of amidine groups is 1. The maximum atomic E-state index is 11.5. The van der Waals surface area contributed by atoms with Crippen LogP contribution >= 0.6 is 0 Å². The summed E-state index contributed by atoms with van der Waals surface area (Å²) in [6, 6.07) is 13.7. The number of hydrazone groups is 2. The lowest BCUT2D eigenvalue weighted by atomic mass is 9.99. The third kappa shape index (κ3) is 1.88. The second-order valence-electron chi connectivity index (χ2n) is 4.74. The van der Waals surface area contributed by atoms with Gasteiger partial charge in [0, 0.05) is 17.3 Å². The van der Waals surface area contributed by atoms with Gasteiger partial charge in [-0.15, -0.1) is 0 Å². The zero-order valence-corrected chi connectivity index (χ0v) is 11.0. The highest BCUT2D eigenvalue weighted by atomic mass is 16.2. The molecule has 0 spiro atoms. The first-order chi connectivity index (χ1) is 10.3. The smallest absolute Gasteiger partial charge is 0.261 e. The van der Waals surface area contributed by atoms with E-state index in [0.717, 1.165) is 22.5 Å². The molecule has 102 valence electrons. The number of benzene rings is 1. The Labute approximate surface area is 120 Å². The quantitative estimate of drug-likeness (QED) is 0.843. The molecule has 2 aromatic rings. The van der Waals surface area contributed by atoms with Gasteiger partial charge >= 0.3 is 0 Å².